The molecule has 3 atom stereocenters. The molecule has 0 N–H and O–H groups in total. The lowest BCUT2D eigenvalue weighted by Gasteiger charge is -2.28. The number of ether oxygens (including phenoxy) is 2. The summed E-state index contributed by atoms with van der Waals surface area (Å²) in [5, 5.41) is 0. The van der Waals surface area contributed by atoms with Gasteiger partial charge in [0.2, 0.25) is 0 Å². The molecule has 8 heteroatoms. The summed E-state index contributed by atoms with van der Waals surface area (Å²) < 4.78 is 38.5. The summed E-state index contributed by atoms with van der Waals surface area (Å²) in [4.78, 5) is 0. The van der Waals surface area contributed by atoms with Crippen LogP contribution >= 0.6 is 19.4 Å². The SMILES string of the molecule is CC1(C)OCC(CO[P@]2(=O)OCC[C@@H](CCl)O2)O1. The van der Waals surface area contributed by atoms with Gasteiger partial charge in [0, 0.05) is 5.88 Å². The molecule has 2 fully saturated rings. The van der Waals surface area contributed by atoms with Gasteiger partial charge in [0.05, 0.1) is 25.9 Å². The van der Waals surface area contributed by atoms with Crippen molar-refractivity contribution in [3.63, 3.8) is 0 Å². The van der Waals surface area contributed by atoms with E-state index in [1.165, 1.54) is 0 Å². The summed E-state index contributed by atoms with van der Waals surface area (Å²) in [6.45, 7) is 4.45. The molecule has 0 radical (unpaired) electrons. The zero-order valence-electron chi connectivity index (χ0n) is 10.5. The smallest absolute Gasteiger partial charge is 0.348 e. The molecular formula is C10H18ClO6P. The van der Waals surface area contributed by atoms with Gasteiger partial charge in [-0.3, -0.25) is 13.6 Å². The molecule has 6 nitrogen and oxygen atoms in total. The van der Waals surface area contributed by atoms with E-state index >= 15 is 0 Å². The average Bonchev–Trinajstić information content (AvgIpc) is 2.67. The van der Waals surface area contributed by atoms with E-state index in [1.54, 1.807) is 0 Å². The fourth-order valence-corrected chi connectivity index (χ4v) is 3.48. The number of rotatable bonds is 4. The Morgan fingerprint density at radius 2 is 2.22 bits per heavy atom. The zero-order chi connectivity index (χ0) is 13.2. The van der Waals surface area contributed by atoms with Gasteiger partial charge in [0.1, 0.15) is 6.10 Å². The number of hydrogen-bond acceptors (Lipinski definition) is 6. The Kier molecular flexibility index (Phi) is 4.70. The molecule has 0 bridgehead atoms. The van der Waals surface area contributed by atoms with Gasteiger partial charge in [-0.25, -0.2) is 4.57 Å². The second kappa shape index (κ2) is 5.75. The predicted octanol–water partition coefficient (Wildman–Crippen LogP) is 2.31. The van der Waals surface area contributed by atoms with Gasteiger partial charge in [-0.15, -0.1) is 11.6 Å². The normalized spacial score (nSPS) is 39.9. The van der Waals surface area contributed by atoms with Crippen molar-refractivity contribution in [2.75, 3.05) is 25.7 Å². The quantitative estimate of drug-likeness (QED) is 0.586. The first-order chi connectivity index (χ1) is 8.42. The second-order valence-corrected chi connectivity index (χ2v) is 6.63. The Hall–Kier alpha value is 0.320. The van der Waals surface area contributed by atoms with Crippen molar-refractivity contribution in [2.24, 2.45) is 0 Å². The molecular weight excluding hydrogens is 283 g/mol. The number of halogens is 1. The highest BCUT2D eigenvalue weighted by atomic mass is 35.5. The van der Waals surface area contributed by atoms with Crippen molar-refractivity contribution < 1.29 is 27.6 Å². The van der Waals surface area contributed by atoms with Crippen LogP contribution in [0.3, 0.4) is 0 Å². The highest BCUT2D eigenvalue weighted by molar-refractivity contribution is 7.48. The van der Waals surface area contributed by atoms with Crippen molar-refractivity contribution in [3.05, 3.63) is 0 Å². The molecule has 106 valence electrons. The zero-order valence-corrected chi connectivity index (χ0v) is 12.1. The summed E-state index contributed by atoms with van der Waals surface area (Å²) in [6.07, 6.45) is 0.0604. The van der Waals surface area contributed by atoms with Crippen LogP contribution in [-0.4, -0.2) is 43.7 Å². The van der Waals surface area contributed by atoms with Crippen molar-refractivity contribution in [3.8, 4) is 0 Å². The maximum absolute atomic E-state index is 12.1. The van der Waals surface area contributed by atoms with Crippen LogP contribution < -0.4 is 0 Å². The maximum atomic E-state index is 12.1. The van der Waals surface area contributed by atoms with E-state index in [0.717, 1.165) is 0 Å². The Balaban J connectivity index is 1.80. The van der Waals surface area contributed by atoms with Crippen LogP contribution in [0.2, 0.25) is 0 Å². The molecule has 0 saturated carbocycles. The molecule has 2 aliphatic heterocycles. The fourth-order valence-electron chi connectivity index (χ4n) is 1.75. The molecule has 1 unspecified atom stereocenters. The summed E-state index contributed by atoms with van der Waals surface area (Å²) in [5.74, 6) is -0.359. The van der Waals surface area contributed by atoms with Gasteiger partial charge < -0.3 is 9.47 Å². The second-order valence-electron chi connectivity index (χ2n) is 4.70. The van der Waals surface area contributed by atoms with E-state index in [0.29, 0.717) is 19.6 Å². The van der Waals surface area contributed by atoms with E-state index in [2.05, 4.69) is 0 Å². The average molecular weight is 301 g/mol. The molecule has 18 heavy (non-hydrogen) atoms. The standard InChI is InChI=1S/C10H18ClO6P/c1-10(2)13-6-9(16-10)7-15-18(12)14-4-3-8(5-11)17-18/h8-9H,3-7H2,1-2H3/t8-,9?,18-/m0/s1. The maximum Gasteiger partial charge on any atom is 0.475 e. The van der Waals surface area contributed by atoms with Crippen LogP contribution in [0.1, 0.15) is 20.3 Å². The van der Waals surface area contributed by atoms with Crippen LogP contribution in [0.5, 0.6) is 0 Å². The largest absolute Gasteiger partial charge is 0.475 e. The molecule has 2 rings (SSSR count). The fraction of sp³-hybridized carbons (Fsp3) is 1.00. The summed E-state index contributed by atoms with van der Waals surface area (Å²) in [5.41, 5.74) is 0. The Labute approximate surface area is 111 Å². The minimum Gasteiger partial charge on any atom is -0.348 e. The van der Waals surface area contributed by atoms with Crippen molar-refractivity contribution in [1.82, 2.24) is 0 Å². The van der Waals surface area contributed by atoms with E-state index in [4.69, 9.17) is 34.6 Å². The highest BCUT2D eigenvalue weighted by Crippen LogP contribution is 2.53. The lowest BCUT2D eigenvalue weighted by Crippen LogP contribution is -2.26. The topological polar surface area (TPSA) is 63.2 Å². The van der Waals surface area contributed by atoms with Crippen molar-refractivity contribution >= 4 is 19.4 Å². The third-order valence-corrected chi connectivity index (χ3v) is 4.49. The summed E-state index contributed by atoms with van der Waals surface area (Å²) in [6, 6.07) is 0. The molecule has 2 aliphatic rings. The molecule has 0 aliphatic carbocycles. The minimum absolute atomic E-state index is 0.107. The lowest BCUT2D eigenvalue weighted by molar-refractivity contribution is -0.142. The number of hydrogen-bond donors (Lipinski definition) is 0. The Morgan fingerprint density at radius 3 is 2.83 bits per heavy atom. The van der Waals surface area contributed by atoms with Gasteiger partial charge >= 0.3 is 7.82 Å². The van der Waals surface area contributed by atoms with Crippen molar-refractivity contribution in [1.29, 1.82) is 0 Å². The van der Waals surface area contributed by atoms with E-state index in [-0.39, 0.29) is 24.7 Å². The first-order valence-electron chi connectivity index (χ1n) is 5.88. The molecule has 0 aromatic heterocycles. The monoisotopic (exact) mass is 300 g/mol. The molecule has 0 aromatic carbocycles. The Morgan fingerprint density at radius 1 is 1.44 bits per heavy atom. The molecule has 0 spiro atoms. The van der Waals surface area contributed by atoms with Crippen molar-refractivity contribution in [2.45, 2.75) is 38.3 Å². The number of phosphoric acid groups is 1. The van der Waals surface area contributed by atoms with Crippen LogP contribution in [0.15, 0.2) is 0 Å². The molecule has 2 saturated heterocycles. The van der Waals surface area contributed by atoms with Gasteiger partial charge in [-0.05, 0) is 20.3 Å². The lowest BCUT2D eigenvalue weighted by atomic mass is 10.3. The Bertz CT molecular complexity index is 336. The predicted molar refractivity (Wildman–Crippen MR) is 64.6 cm³/mol. The van der Waals surface area contributed by atoms with Crippen LogP contribution in [-0.2, 0) is 27.6 Å². The van der Waals surface area contributed by atoms with E-state index in [1.807, 2.05) is 13.8 Å². The molecule has 2 heterocycles. The van der Waals surface area contributed by atoms with Gasteiger partial charge in [0.15, 0.2) is 5.79 Å². The summed E-state index contributed by atoms with van der Waals surface area (Å²) in [7, 11) is -3.50. The number of alkyl halides is 1. The van der Waals surface area contributed by atoms with Gasteiger partial charge in [0.25, 0.3) is 0 Å². The third kappa shape index (κ3) is 3.90. The summed E-state index contributed by atoms with van der Waals surface area (Å²) >= 11 is 5.67. The van der Waals surface area contributed by atoms with Crippen LogP contribution in [0.4, 0.5) is 0 Å². The van der Waals surface area contributed by atoms with Gasteiger partial charge in [-0.1, -0.05) is 0 Å². The first-order valence-corrected chi connectivity index (χ1v) is 7.87. The third-order valence-electron chi connectivity index (χ3n) is 2.63. The minimum atomic E-state index is -3.50. The molecule has 0 aromatic rings. The number of phosphoric ester groups is 1. The van der Waals surface area contributed by atoms with Crippen LogP contribution in [0.25, 0.3) is 0 Å². The van der Waals surface area contributed by atoms with E-state index in [9.17, 15) is 4.57 Å². The van der Waals surface area contributed by atoms with E-state index < -0.39 is 13.6 Å². The van der Waals surface area contributed by atoms with Crippen LogP contribution in [0, 0.1) is 0 Å². The first kappa shape index (κ1) is 14.7. The molecule has 0 amide bonds. The van der Waals surface area contributed by atoms with Gasteiger partial charge in [-0.2, -0.15) is 0 Å². The highest BCUT2D eigenvalue weighted by Gasteiger charge is 2.38.